The molecule has 0 aliphatic heterocycles. The zero-order chi connectivity index (χ0) is 16.3. The van der Waals surface area contributed by atoms with Crippen LogP contribution >= 0.6 is 0 Å². The molecule has 5 nitrogen and oxygen atoms in total. The van der Waals surface area contributed by atoms with Crippen molar-refractivity contribution >= 4 is 0 Å². The lowest BCUT2D eigenvalue weighted by molar-refractivity contribution is 0.0222. The molecule has 2 N–H and O–H groups in total. The lowest BCUT2D eigenvalue weighted by atomic mass is 10.1. The Morgan fingerprint density at radius 1 is 0.571 bits per heavy atom. The van der Waals surface area contributed by atoms with Gasteiger partial charge in [0, 0.05) is 13.2 Å². The van der Waals surface area contributed by atoms with Crippen molar-refractivity contribution in [3.8, 4) is 0 Å². The Kier molecular flexibility index (Phi) is 21.8. The average molecular weight is 308 g/mol. The third-order valence-corrected chi connectivity index (χ3v) is 2.52. The first-order valence-electron chi connectivity index (χ1n) is 7.99. The van der Waals surface area contributed by atoms with Crippen LogP contribution in [0.3, 0.4) is 0 Å². The minimum absolute atomic E-state index is 0.0417. The molecule has 0 spiro atoms. The van der Waals surface area contributed by atoms with Crippen molar-refractivity contribution in [3.63, 3.8) is 0 Å². The van der Waals surface area contributed by atoms with Crippen LogP contribution in [0.15, 0.2) is 0 Å². The average Bonchev–Trinajstić information content (AvgIpc) is 2.42. The summed E-state index contributed by atoms with van der Waals surface area (Å²) in [4.78, 5) is 0. The van der Waals surface area contributed by atoms with Gasteiger partial charge in [0.15, 0.2) is 0 Å². The molecule has 0 aliphatic rings. The van der Waals surface area contributed by atoms with Gasteiger partial charge in [-0.3, -0.25) is 0 Å². The highest BCUT2D eigenvalue weighted by Crippen LogP contribution is 2.02. The van der Waals surface area contributed by atoms with E-state index in [9.17, 15) is 0 Å². The Labute approximate surface area is 130 Å². The minimum Gasteiger partial charge on any atom is -0.394 e. The summed E-state index contributed by atoms with van der Waals surface area (Å²) in [6.45, 7) is 12.5. The maximum absolute atomic E-state index is 8.26. The van der Waals surface area contributed by atoms with E-state index in [0.717, 1.165) is 25.0 Å². The number of hydrogen-bond acceptors (Lipinski definition) is 5. The number of aliphatic hydroxyl groups is 2. The van der Waals surface area contributed by atoms with Crippen molar-refractivity contribution in [3.05, 3.63) is 0 Å². The number of rotatable bonds is 13. The predicted molar refractivity (Wildman–Crippen MR) is 85.5 cm³/mol. The topological polar surface area (TPSA) is 68.2 Å². The van der Waals surface area contributed by atoms with Crippen LogP contribution in [-0.2, 0) is 14.2 Å². The van der Waals surface area contributed by atoms with Gasteiger partial charge in [0.05, 0.1) is 39.6 Å². The van der Waals surface area contributed by atoms with Crippen molar-refractivity contribution in [2.24, 2.45) is 11.8 Å². The number of ether oxygens (including phenoxy) is 3. The quantitative estimate of drug-likeness (QED) is 0.510. The summed E-state index contributed by atoms with van der Waals surface area (Å²) in [6.07, 6.45) is 2.39. The summed E-state index contributed by atoms with van der Waals surface area (Å²) in [7, 11) is 0. The summed E-state index contributed by atoms with van der Waals surface area (Å²) in [5, 5.41) is 16.5. The molecule has 21 heavy (non-hydrogen) atoms. The van der Waals surface area contributed by atoms with E-state index in [1.165, 1.54) is 12.8 Å². The van der Waals surface area contributed by atoms with Gasteiger partial charge in [-0.15, -0.1) is 0 Å². The molecule has 130 valence electrons. The molecule has 0 rings (SSSR count). The first-order chi connectivity index (χ1) is 10.0. The largest absolute Gasteiger partial charge is 0.394 e. The molecule has 0 atom stereocenters. The maximum Gasteiger partial charge on any atom is 0.0701 e. The van der Waals surface area contributed by atoms with Gasteiger partial charge in [-0.2, -0.15) is 0 Å². The van der Waals surface area contributed by atoms with Gasteiger partial charge in [-0.05, 0) is 24.7 Å². The molecule has 0 fully saturated rings. The molecule has 0 aromatic rings. The van der Waals surface area contributed by atoms with Gasteiger partial charge in [-0.1, -0.05) is 27.7 Å². The van der Waals surface area contributed by atoms with E-state index >= 15 is 0 Å². The zero-order valence-corrected chi connectivity index (χ0v) is 14.3. The van der Waals surface area contributed by atoms with Gasteiger partial charge in [-0.25, -0.2) is 0 Å². The van der Waals surface area contributed by atoms with Crippen LogP contribution in [-0.4, -0.2) is 63.1 Å². The molecule has 0 saturated heterocycles. The van der Waals surface area contributed by atoms with Crippen molar-refractivity contribution < 1.29 is 24.4 Å². The van der Waals surface area contributed by atoms with Gasteiger partial charge in [0.1, 0.15) is 0 Å². The molecule has 0 aliphatic carbocycles. The van der Waals surface area contributed by atoms with E-state index in [-0.39, 0.29) is 13.2 Å². The molecule has 0 amide bonds. The predicted octanol–water partition coefficient (Wildman–Crippen LogP) is 2.10. The summed E-state index contributed by atoms with van der Waals surface area (Å²) < 4.78 is 15.2. The Bertz CT molecular complexity index is 156. The van der Waals surface area contributed by atoms with Crippen molar-refractivity contribution in [1.29, 1.82) is 0 Å². The molecule has 0 radical (unpaired) electrons. The standard InChI is InChI=1S/C10H22O.C6H14O4/c1-9(2)5-7-11-8-6-10(3)4;7-1-3-9-5-6-10-4-2-8/h9-10H,5-8H2,1-4H3;7-8H,1-6H2. The smallest absolute Gasteiger partial charge is 0.0701 e. The molecular formula is C16H36O5. The van der Waals surface area contributed by atoms with E-state index in [2.05, 4.69) is 27.7 Å². The molecule has 0 unspecified atom stereocenters. The molecule has 0 heterocycles. The fourth-order valence-electron chi connectivity index (χ4n) is 1.19. The second-order valence-electron chi connectivity index (χ2n) is 5.65. The maximum atomic E-state index is 8.26. The highest BCUT2D eigenvalue weighted by molar-refractivity contribution is 4.45. The van der Waals surface area contributed by atoms with E-state index < -0.39 is 0 Å². The van der Waals surface area contributed by atoms with Crippen LogP contribution in [0.1, 0.15) is 40.5 Å². The van der Waals surface area contributed by atoms with Crippen LogP contribution < -0.4 is 0 Å². The lowest BCUT2D eigenvalue weighted by Gasteiger charge is -2.07. The van der Waals surface area contributed by atoms with E-state index in [1.807, 2.05) is 0 Å². The van der Waals surface area contributed by atoms with E-state index in [1.54, 1.807) is 0 Å². The normalized spacial score (nSPS) is 10.9. The Hall–Kier alpha value is -0.200. The van der Waals surface area contributed by atoms with Gasteiger partial charge < -0.3 is 24.4 Å². The molecular weight excluding hydrogens is 272 g/mol. The van der Waals surface area contributed by atoms with Crippen LogP contribution in [0, 0.1) is 11.8 Å². The second kappa shape index (κ2) is 19.8. The minimum atomic E-state index is 0.0417. The van der Waals surface area contributed by atoms with Crippen LogP contribution in [0.5, 0.6) is 0 Å². The summed E-state index contributed by atoms with van der Waals surface area (Å²) in [5.41, 5.74) is 0. The fourth-order valence-corrected chi connectivity index (χ4v) is 1.19. The first-order valence-corrected chi connectivity index (χ1v) is 7.99. The van der Waals surface area contributed by atoms with Crippen LogP contribution in [0.4, 0.5) is 0 Å². The van der Waals surface area contributed by atoms with Crippen molar-refractivity contribution in [2.75, 3.05) is 52.9 Å². The third-order valence-electron chi connectivity index (χ3n) is 2.52. The van der Waals surface area contributed by atoms with Gasteiger partial charge >= 0.3 is 0 Å². The highest BCUT2D eigenvalue weighted by atomic mass is 16.5. The first kappa shape index (κ1) is 23.1. The number of hydrogen-bond donors (Lipinski definition) is 2. The number of aliphatic hydroxyl groups excluding tert-OH is 2. The zero-order valence-electron chi connectivity index (χ0n) is 14.3. The monoisotopic (exact) mass is 308 g/mol. The van der Waals surface area contributed by atoms with Gasteiger partial charge in [0.2, 0.25) is 0 Å². The summed E-state index contributed by atoms with van der Waals surface area (Å²) in [5.74, 6) is 1.54. The molecule has 0 aromatic heterocycles. The molecule has 0 aromatic carbocycles. The van der Waals surface area contributed by atoms with Crippen molar-refractivity contribution in [2.45, 2.75) is 40.5 Å². The van der Waals surface area contributed by atoms with Crippen LogP contribution in [0.25, 0.3) is 0 Å². The highest BCUT2D eigenvalue weighted by Gasteiger charge is 1.95. The Balaban J connectivity index is 0. The van der Waals surface area contributed by atoms with Crippen LogP contribution in [0.2, 0.25) is 0 Å². The lowest BCUT2D eigenvalue weighted by Crippen LogP contribution is -2.09. The summed E-state index contributed by atoms with van der Waals surface area (Å²) in [6, 6.07) is 0. The second-order valence-corrected chi connectivity index (χ2v) is 5.65. The Morgan fingerprint density at radius 3 is 1.19 bits per heavy atom. The van der Waals surface area contributed by atoms with E-state index in [4.69, 9.17) is 24.4 Å². The fraction of sp³-hybridized carbons (Fsp3) is 1.00. The van der Waals surface area contributed by atoms with Crippen molar-refractivity contribution in [1.82, 2.24) is 0 Å². The summed E-state index contributed by atoms with van der Waals surface area (Å²) >= 11 is 0. The third kappa shape index (κ3) is 28.6. The molecule has 0 bridgehead atoms. The van der Waals surface area contributed by atoms with Gasteiger partial charge in [0.25, 0.3) is 0 Å². The molecule has 0 saturated carbocycles. The molecule has 5 heteroatoms. The SMILES string of the molecule is CC(C)CCOCCC(C)C.OCCOCCOCCO. The van der Waals surface area contributed by atoms with E-state index in [0.29, 0.717) is 26.4 Å². The Morgan fingerprint density at radius 2 is 0.905 bits per heavy atom.